The van der Waals surface area contributed by atoms with E-state index in [9.17, 15) is 4.79 Å². The van der Waals surface area contributed by atoms with Crippen LogP contribution in [0.5, 0.6) is 5.75 Å². The van der Waals surface area contributed by atoms with Crippen molar-refractivity contribution in [1.29, 1.82) is 0 Å². The van der Waals surface area contributed by atoms with Crippen molar-refractivity contribution >= 4 is 33.4 Å². The van der Waals surface area contributed by atoms with Gasteiger partial charge in [-0.05, 0) is 24.3 Å². The number of amides is 1. The van der Waals surface area contributed by atoms with Crippen LogP contribution in [0.25, 0.3) is 0 Å². The Morgan fingerprint density at radius 1 is 1.52 bits per heavy atom. The van der Waals surface area contributed by atoms with Gasteiger partial charge in [-0.1, -0.05) is 33.6 Å². The normalized spacial score (nSPS) is 10.2. The summed E-state index contributed by atoms with van der Waals surface area (Å²) in [7, 11) is 0. The molecule has 0 bridgehead atoms. The van der Waals surface area contributed by atoms with Gasteiger partial charge in [0.15, 0.2) is 6.73 Å². The van der Waals surface area contributed by atoms with Crippen LogP contribution < -0.4 is 10.1 Å². The van der Waals surface area contributed by atoms with E-state index in [1.807, 2.05) is 6.07 Å². The van der Waals surface area contributed by atoms with Crippen LogP contribution in [0.3, 0.4) is 0 Å². The van der Waals surface area contributed by atoms with E-state index in [4.69, 9.17) is 16.3 Å². The molecule has 110 valence electrons. The van der Waals surface area contributed by atoms with Crippen molar-refractivity contribution in [1.82, 2.24) is 15.1 Å². The minimum Gasteiger partial charge on any atom is -0.470 e. The minimum atomic E-state index is -0.254. The molecular formula is C14H13BrClN3O2. The predicted molar refractivity (Wildman–Crippen MR) is 84.5 cm³/mol. The lowest BCUT2D eigenvalue weighted by Crippen LogP contribution is -2.24. The molecule has 7 heteroatoms. The molecule has 0 atom stereocenters. The molecule has 1 aromatic carbocycles. The maximum absolute atomic E-state index is 11.7. The molecule has 0 aliphatic carbocycles. The Kier molecular flexibility index (Phi) is 5.41. The van der Waals surface area contributed by atoms with E-state index in [1.54, 1.807) is 30.5 Å². The van der Waals surface area contributed by atoms with Crippen LogP contribution in [-0.4, -0.2) is 22.2 Å². The first-order valence-corrected chi connectivity index (χ1v) is 7.27. The highest BCUT2D eigenvalue weighted by atomic mass is 79.9. The first-order chi connectivity index (χ1) is 10.1. The Labute approximate surface area is 135 Å². The summed E-state index contributed by atoms with van der Waals surface area (Å²) >= 11 is 9.37. The summed E-state index contributed by atoms with van der Waals surface area (Å²) in [6.45, 7) is 4.10. The third-order valence-electron chi connectivity index (χ3n) is 2.53. The zero-order valence-corrected chi connectivity index (χ0v) is 13.4. The number of aromatic nitrogens is 2. The van der Waals surface area contributed by atoms with Crippen molar-refractivity contribution in [3.63, 3.8) is 0 Å². The number of hydrogen-bond acceptors (Lipinski definition) is 3. The molecule has 21 heavy (non-hydrogen) atoms. The lowest BCUT2D eigenvalue weighted by molar-refractivity contribution is 0.0951. The summed E-state index contributed by atoms with van der Waals surface area (Å²) in [5.74, 6) is 0.295. The largest absolute Gasteiger partial charge is 0.470 e. The fraction of sp³-hybridized carbons (Fsp3) is 0.143. The second-order valence-corrected chi connectivity index (χ2v) is 5.41. The average Bonchev–Trinajstić information content (AvgIpc) is 2.93. The Morgan fingerprint density at radius 3 is 3.05 bits per heavy atom. The first kappa shape index (κ1) is 15.6. The fourth-order valence-corrected chi connectivity index (χ4v) is 2.27. The molecular weight excluding hydrogens is 358 g/mol. The second kappa shape index (κ2) is 7.28. The van der Waals surface area contributed by atoms with Gasteiger partial charge >= 0.3 is 0 Å². The lowest BCUT2D eigenvalue weighted by atomic mass is 10.3. The van der Waals surface area contributed by atoms with E-state index < -0.39 is 0 Å². The molecule has 2 aromatic rings. The number of carbonyl (C=O) groups excluding carboxylic acids is 1. The number of rotatable bonds is 6. The third-order valence-corrected chi connectivity index (χ3v) is 3.32. The summed E-state index contributed by atoms with van der Waals surface area (Å²) in [6.07, 6.45) is 3.27. The van der Waals surface area contributed by atoms with Gasteiger partial charge in [0.25, 0.3) is 5.91 Å². The van der Waals surface area contributed by atoms with E-state index >= 15 is 0 Å². The van der Waals surface area contributed by atoms with Gasteiger partial charge in [-0.3, -0.25) is 4.79 Å². The molecule has 5 nitrogen and oxygen atoms in total. The van der Waals surface area contributed by atoms with E-state index in [2.05, 4.69) is 32.9 Å². The number of ether oxygens (including phenoxy) is 1. The molecule has 1 heterocycles. The molecule has 2 rings (SSSR count). The van der Waals surface area contributed by atoms with Crippen molar-refractivity contribution in [3.05, 3.63) is 58.3 Å². The average molecular weight is 371 g/mol. The van der Waals surface area contributed by atoms with Crippen LogP contribution >= 0.6 is 27.5 Å². The third kappa shape index (κ3) is 4.34. The summed E-state index contributed by atoms with van der Waals surface area (Å²) < 4.78 is 7.94. The fourth-order valence-electron chi connectivity index (χ4n) is 1.54. The maximum atomic E-state index is 11.7. The van der Waals surface area contributed by atoms with Gasteiger partial charge < -0.3 is 10.1 Å². The standard InChI is InChI=1S/C14H13BrClN3O2/c1-2-6-17-14(20)12-5-7-19(18-12)9-21-13-4-3-10(15)8-11(13)16/h2-5,7-8H,1,6,9H2,(H,17,20). The zero-order chi connectivity index (χ0) is 15.2. The van der Waals surface area contributed by atoms with Gasteiger partial charge in [0.1, 0.15) is 11.4 Å². The first-order valence-electron chi connectivity index (χ1n) is 6.10. The Bertz CT molecular complexity index is 657. The van der Waals surface area contributed by atoms with Crippen LogP contribution in [0.2, 0.25) is 5.02 Å². The predicted octanol–water partition coefficient (Wildman–Crippen LogP) is 3.25. The molecule has 0 saturated carbocycles. The van der Waals surface area contributed by atoms with E-state index in [1.165, 1.54) is 4.68 Å². The zero-order valence-electron chi connectivity index (χ0n) is 11.1. The maximum Gasteiger partial charge on any atom is 0.272 e. The highest BCUT2D eigenvalue weighted by molar-refractivity contribution is 9.10. The van der Waals surface area contributed by atoms with Crippen molar-refractivity contribution in [2.75, 3.05) is 6.54 Å². The number of benzene rings is 1. The number of nitrogens with zero attached hydrogens (tertiary/aromatic N) is 2. The molecule has 1 amide bonds. The van der Waals surface area contributed by atoms with Crippen molar-refractivity contribution in [2.24, 2.45) is 0 Å². The highest BCUT2D eigenvalue weighted by Crippen LogP contribution is 2.27. The second-order valence-electron chi connectivity index (χ2n) is 4.09. The topological polar surface area (TPSA) is 56.2 Å². The summed E-state index contributed by atoms with van der Waals surface area (Å²) in [4.78, 5) is 11.7. The van der Waals surface area contributed by atoms with Crippen LogP contribution in [0.4, 0.5) is 0 Å². The molecule has 1 aromatic heterocycles. The van der Waals surface area contributed by atoms with Gasteiger partial charge in [-0.2, -0.15) is 5.10 Å². The molecule has 0 saturated heterocycles. The molecule has 0 aliphatic heterocycles. The van der Waals surface area contributed by atoms with E-state index in [0.29, 0.717) is 23.0 Å². The summed E-state index contributed by atoms with van der Waals surface area (Å²) in [6, 6.07) is 6.95. The monoisotopic (exact) mass is 369 g/mol. The summed E-state index contributed by atoms with van der Waals surface area (Å²) in [5, 5.41) is 7.27. The van der Waals surface area contributed by atoms with E-state index in [0.717, 1.165) is 4.47 Å². The van der Waals surface area contributed by atoms with Crippen molar-refractivity contribution in [3.8, 4) is 5.75 Å². The smallest absolute Gasteiger partial charge is 0.272 e. The molecule has 0 unspecified atom stereocenters. The SMILES string of the molecule is C=CCNC(=O)c1ccn(COc2ccc(Br)cc2Cl)n1. The number of nitrogens with one attached hydrogen (secondary N) is 1. The Morgan fingerprint density at radius 2 is 2.33 bits per heavy atom. The van der Waals surface area contributed by atoms with Gasteiger partial charge in [-0.15, -0.1) is 6.58 Å². The minimum absolute atomic E-state index is 0.163. The Balaban J connectivity index is 1.96. The quantitative estimate of drug-likeness (QED) is 0.794. The molecule has 0 spiro atoms. The molecule has 1 N–H and O–H groups in total. The summed E-state index contributed by atoms with van der Waals surface area (Å²) in [5.41, 5.74) is 0.322. The molecule has 0 aliphatic rings. The van der Waals surface area contributed by atoms with Gasteiger partial charge in [0.2, 0.25) is 0 Å². The van der Waals surface area contributed by atoms with Crippen LogP contribution in [-0.2, 0) is 6.73 Å². The van der Waals surface area contributed by atoms with Crippen LogP contribution in [0.1, 0.15) is 10.5 Å². The number of hydrogen-bond donors (Lipinski definition) is 1. The lowest BCUT2D eigenvalue weighted by Gasteiger charge is -2.08. The number of carbonyl (C=O) groups is 1. The molecule has 0 fully saturated rings. The van der Waals surface area contributed by atoms with Gasteiger partial charge in [0, 0.05) is 17.2 Å². The van der Waals surface area contributed by atoms with Crippen LogP contribution in [0.15, 0.2) is 47.6 Å². The van der Waals surface area contributed by atoms with Crippen molar-refractivity contribution in [2.45, 2.75) is 6.73 Å². The highest BCUT2D eigenvalue weighted by Gasteiger charge is 2.09. The van der Waals surface area contributed by atoms with E-state index in [-0.39, 0.29) is 12.6 Å². The number of halogens is 2. The molecule has 0 radical (unpaired) electrons. The van der Waals surface area contributed by atoms with Crippen LogP contribution in [0, 0.1) is 0 Å². The Hall–Kier alpha value is -1.79. The van der Waals surface area contributed by atoms with Gasteiger partial charge in [0.05, 0.1) is 5.02 Å². The van der Waals surface area contributed by atoms with Gasteiger partial charge in [-0.25, -0.2) is 4.68 Å². The van der Waals surface area contributed by atoms with Crippen molar-refractivity contribution < 1.29 is 9.53 Å².